The highest BCUT2D eigenvalue weighted by atomic mass is 19.4. The summed E-state index contributed by atoms with van der Waals surface area (Å²) >= 11 is 0. The van der Waals surface area contributed by atoms with Crippen molar-refractivity contribution in [1.82, 2.24) is 34.6 Å². The first kappa shape index (κ1) is 36.7. The number of carbonyl (C=O) groups is 1. The van der Waals surface area contributed by atoms with E-state index >= 15 is 0 Å². The summed E-state index contributed by atoms with van der Waals surface area (Å²) in [6, 6.07) is 20.1. The maximum absolute atomic E-state index is 11.2. The smallest absolute Gasteiger partial charge is 0.475 e. The number of nitrogens with zero attached hydrogens (tertiary/aromatic N) is 6. The van der Waals surface area contributed by atoms with Crippen molar-refractivity contribution in [3.05, 3.63) is 96.1 Å². The molecule has 14 nitrogen and oxygen atoms in total. The van der Waals surface area contributed by atoms with E-state index in [0.717, 1.165) is 25.9 Å². The number of nitrogens with one attached hydrogen (secondary N) is 3. The molecule has 276 valence electrons. The Bertz CT molecular complexity index is 1880. The highest BCUT2D eigenvalue weighted by Crippen LogP contribution is 2.40. The van der Waals surface area contributed by atoms with Crippen molar-refractivity contribution in [2.75, 3.05) is 30.3 Å². The summed E-state index contributed by atoms with van der Waals surface area (Å²) in [7, 11) is 0. The van der Waals surface area contributed by atoms with Gasteiger partial charge in [-0.15, -0.1) is 0 Å². The van der Waals surface area contributed by atoms with Gasteiger partial charge in [0.1, 0.15) is 12.2 Å². The number of hydrogen-bond acceptors (Lipinski definition) is 11. The quantitative estimate of drug-likeness (QED) is 0.111. The SMILES string of the molecule is O=C(O)C(F)(F)F.OCc1cnn([C@H]2C[C@@H](n3cnc4c(NCC(c5ccccc5)c5ccccc5)nc(NC5CCNCC5)nc43)[C@H](O)[C@@H]2O)c1. The zero-order chi connectivity index (χ0) is 36.8. The summed E-state index contributed by atoms with van der Waals surface area (Å²) in [5.41, 5.74) is 4.20. The first-order valence-corrected chi connectivity index (χ1v) is 16.9. The van der Waals surface area contributed by atoms with Crippen molar-refractivity contribution in [1.29, 1.82) is 0 Å². The minimum absolute atomic E-state index is 0.0748. The Labute approximate surface area is 296 Å². The van der Waals surface area contributed by atoms with E-state index < -0.39 is 36.4 Å². The van der Waals surface area contributed by atoms with Crippen LogP contribution in [0.15, 0.2) is 79.4 Å². The van der Waals surface area contributed by atoms with Crippen molar-refractivity contribution in [2.24, 2.45) is 0 Å². The van der Waals surface area contributed by atoms with Crippen molar-refractivity contribution in [3.63, 3.8) is 0 Å². The van der Waals surface area contributed by atoms with E-state index in [2.05, 4.69) is 69.6 Å². The standard InChI is InChI=1S/C33H39N9O3.C2HF3O2/c43-19-21-16-37-42(18-21)27-15-26(29(44)30(27)45)41-20-36-28-31(39-33(40-32(28)41)38-24-11-13-34-14-12-24)35-17-25(22-7-3-1-4-8-22)23-9-5-2-6-10-23;3-2(4,5)1(6)7/h1-10,16,18,20,24-27,29-30,34,43-45H,11-15,17,19H2,(H2,35,38,39,40);(H,6,7)/t26-,27+,29+,30-;/m1./s1. The van der Waals surface area contributed by atoms with Crippen LogP contribution in [0.2, 0.25) is 0 Å². The third-order valence-electron chi connectivity index (χ3n) is 9.37. The molecule has 5 aromatic rings. The molecule has 17 heteroatoms. The van der Waals surface area contributed by atoms with E-state index in [1.54, 1.807) is 23.4 Å². The minimum Gasteiger partial charge on any atom is -0.475 e. The van der Waals surface area contributed by atoms with E-state index in [1.807, 2.05) is 16.7 Å². The fourth-order valence-corrected chi connectivity index (χ4v) is 6.66. The second-order valence-electron chi connectivity index (χ2n) is 12.8. The summed E-state index contributed by atoms with van der Waals surface area (Å²) in [6.07, 6.45) is 0.0804. The van der Waals surface area contributed by atoms with Crippen LogP contribution < -0.4 is 16.0 Å². The number of aliphatic hydroxyl groups excluding tert-OH is 3. The Morgan fingerprint density at radius 3 is 2.15 bits per heavy atom. The molecular weight excluding hydrogens is 683 g/mol. The lowest BCUT2D eigenvalue weighted by molar-refractivity contribution is -0.192. The largest absolute Gasteiger partial charge is 0.490 e. The van der Waals surface area contributed by atoms with E-state index in [9.17, 15) is 28.5 Å². The highest BCUT2D eigenvalue weighted by molar-refractivity contribution is 5.84. The lowest BCUT2D eigenvalue weighted by Crippen LogP contribution is -2.35. The first-order valence-electron chi connectivity index (χ1n) is 16.9. The summed E-state index contributed by atoms with van der Waals surface area (Å²) in [6.45, 7) is 2.30. The number of aromatic nitrogens is 6. The molecule has 0 radical (unpaired) electrons. The number of benzene rings is 2. The molecule has 2 aliphatic rings. The van der Waals surface area contributed by atoms with Crippen molar-refractivity contribution in [3.8, 4) is 0 Å². The van der Waals surface area contributed by atoms with E-state index in [4.69, 9.17) is 24.9 Å². The van der Waals surface area contributed by atoms with Crippen LogP contribution in [0.3, 0.4) is 0 Å². The van der Waals surface area contributed by atoms with Gasteiger partial charge in [0.2, 0.25) is 5.95 Å². The average Bonchev–Trinajstić information content (AvgIpc) is 3.87. The fourth-order valence-electron chi connectivity index (χ4n) is 6.66. The Hall–Kier alpha value is -5.10. The lowest BCUT2D eigenvalue weighted by Gasteiger charge is -2.24. The molecule has 3 aromatic heterocycles. The predicted molar refractivity (Wildman–Crippen MR) is 185 cm³/mol. The van der Waals surface area contributed by atoms with Crippen LogP contribution in [0, 0.1) is 0 Å². The number of piperidine rings is 1. The molecule has 1 aliphatic heterocycles. The van der Waals surface area contributed by atoms with E-state index in [1.165, 1.54) is 11.1 Å². The van der Waals surface area contributed by atoms with Crippen LogP contribution in [0.4, 0.5) is 24.9 Å². The molecule has 2 fully saturated rings. The third-order valence-corrected chi connectivity index (χ3v) is 9.37. The number of aliphatic carboxylic acids is 1. The Kier molecular flexibility index (Phi) is 11.3. The monoisotopic (exact) mass is 723 g/mol. The number of rotatable bonds is 10. The number of anilines is 2. The van der Waals surface area contributed by atoms with Gasteiger partial charge in [-0.1, -0.05) is 60.7 Å². The molecule has 7 rings (SSSR count). The molecule has 7 N–H and O–H groups in total. The molecule has 4 heterocycles. The second kappa shape index (κ2) is 16.1. The molecule has 4 atom stereocenters. The molecule has 1 saturated heterocycles. The summed E-state index contributed by atoms with van der Waals surface area (Å²) < 4.78 is 35.2. The second-order valence-corrected chi connectivity index (χ2v) is 12.8. The van der Waals surface area contributed by atoms with Crippen LogP contribution in [0.1, 0.15) is 54.0 Å². The normalized spacial score (nSPS) is 20.8. The molecule has 0 bridgehead atoms. The number of fused-ring (bicyclic) bond motifs is 1. The van der Waals surface area contributed by atoms with E-state index in [-0.39, 0.29) is 18.6 Å². The number of alkyl halides is 3. The minimum atomic E-state index is -5.08. The van der Waals surface area contributed by atoms with Crippen molar-refractivity contribution >= 4 is 28.9 Å². The Balaban J connectivity index is 0.000000604. The van der Waals surface area contributed by atoms with Gasteiger partial charge in [-0.3, -0.25) is 4.68 Å². The number of carboxylic acids is 1. The summed E-state index contributed by atoms with van der Waals surface area (Å²) in [5.74, 6) is -1.58. The van der Waals surface area contributed by atoms with Gasteiger partial charge in [0, 0.05) is 30.3 Å². The Morgan fingerprint density at radius 2 is 1.58 bits per heavy atom. The lowest BCUT2D eigenvalue weighted by atomic mass is 9.91. The van der Waals surface area contributed by atoms with Gasteiger partial charge in [-0.25, -0.2) is 9.78 Å². The molecule has 0 spiro atoms. The van der Waals surface area contributed by atoms with Crippen LogP contribution in [-0.2, 0) is 11.4 Å². The predicted octanol–water partition coefficient (Wildman–Crippen LogP) is 3.46. The summed E-state index contributed by atoms with van der Waals surface area (Å²) in [4.78, 5) is 23.5. The summed E-state index contributed by atoms with van der Waals surface area (Å²) in [5, 5.41) is 53.8. The molecule has 1 saturated carbocycles. The maximum Gasteiger partial charge on any atom is 0.490 e. The number of aliphatic hydroxyl groups is 3. The molecule has 0 unspecified atom stereocenters. The number of halogens is 3. The van der Waals surface area contributed by atoms with Crippen molar-refractivity contribution < 1.29 is 38.4 Å². The van der Waals surface area contributed by atoms with Gasteiger partial charge in [-0.2, -0.15) is 28.2 Å². The molecule has 1 aliphatic carbocycles. The molecule has 0 amide bonds. The number of hydrogen-bond donors (Lipinski definition) is 7. The van der Waals surface area contributed by atoms with Crippen LogP contribution in [0.5, 0.6) is 0 Å². The third kappa shape index (κ3) is 8.33. The fraction of sp³-hybridized carbons (Fsp3) is 0.400. The molecule has 52 heavy (non-hydrogen) atoms. The number of carboxylic acid groups (broad SMARTS) is 1. The zero-order valence-corrected chi connectivity index (χ0v) is 27.9. The van der Waals surface area contributed by atoms with Gasteiger partial charge in [0.15, 0.2) is 17.0 Å². The van der Waals surface area contributed by atoms with Gasteiger partial charge in [0.25, 0.3) is 0 Å². The molecular formula is C35H40F3N9O5. The van der Waals surface area contributed by atoms with Gasteiger partial charge < -0.3 is 40.9 Å². The number of imidazole rings is 1. The van der Waals surface area contributed by atoms with Crippen LogP contribution in [-0.4, -0.2) is 99.8 Å². The van der Waals surface area contributed by atoms with Gasteiger partial charge >= 0.3 is 12.1 Å². The topological polar surface area (TPSA) is 196 Å². The highest BCUT2D eigenvalue weighted by Gasteiger charge is 2.44. The maximum atomic E-state index is 11.2. The van der Waals surface area contributed by atoms with Crippen LogP contribution >= 0.6 is 0 Å². The average molecular weight is 724 g/mol. The van der Waals surface area contributed by atoms with Gasteiger partial charge in [0.05, 0.1) is 31.2 Å². The zero-order valence-electron chi connectivity index (χ0n) is 27.9. The van der Waals surface area contributed by atoms with E-state index in [0.29, 0.717) is 41.5 Å². The Morgan fingerprint density at radius 1 is 0.962 bits per heavy atom. The van der Waals surface area contributed by atoms with Crippen molar-refractivity contribution in [2.45, 2.75) is 68.3 Å². The van der Waals surface area contributed by atoms with Gasteiger partial charge in [-0.05, 0) is 43.5 Å². The van der Waals surface area contributed by atoms with Crippen LogP contribution in [0.25, 0.3) is 11.2 Å². The first-order chi connectivity index (χ1) is 25.0. The molecule has 2 aromatic carbocycles.